The van der Waals surface area contributed by atoms with Gasteiger partial charge >= 0.3 is 0 Å². The normalized spacial score (nSPS) is 14.9. The van der Waals surface area contributed by atoms with Crippen molar-refractivity contribution < 1.29 is 9.90 Å². The largest absolute Gasteiger partial charge is 0.383 e. The van der Waals surface area contributed by atoms with E-state index >= 15 is 0 Å². The highest BCUT2D eigenvalue weighted by Gasteiger charge is 2.28. The molecule has 1 atom stereocenters. The Morgan fingerprint density at radius 3 is 2.44 bits per heavy atom. The number of pyridine rings is 1. The fourth-order valence-corrected chi connectivity index (χ4v) is 4.33. The fraction of sp³-hybridized carbons (Fsp3) is 0.360. The summed E-state index contributed by atoms with van der Waals surface area (Å²) in [6.07, 6.45) is 7.71. The molecule has 4 aromatic rings. The topological polar surface area (TPSA) is 128 Å². The van der Waals surface area contributed by atoms with Gasteiger partial charge in [0, 0.05) is 56.7 Å². The molecule has 5 rings (SSSR count). The van der Waals surface area contributed by atoms with Gasteiger partial charge in [-0.25, -0.2) is 14.5 Å². The molecule has 11 nitrogen and oxygen atoms in total. The summed E-state index contributed by atoms with van der Waals surface area (Å²) in [5, 5.41) is 28.3. The van der Waals surface area contributed by atoms with E-state index in [0.29, 0.717) is 48.6 Å². The Hall–Kier alpha value is -4.30. The van der Waals surface area contributed by atoms with Crippen molar-refractivity contribution in [2.45, 2.75) is 20.0 Å². The Balaban J connectivity index is 1.41. The van der Waals surface area contributed by atoms with Gasteiger partial charge in [-0.15, -0.1) is 0 Å². The standard InChI is InChI=1S/C25H27N9O2/c1-16(2)24(35)25(36)33-8-6-32(7-9-33)21-5-4-17(11-27-21)22-23-18(10-26)12-29-34(23)15-20(30-22)19-13-28-31(3)14-19/h4-5,11-16,24,35H,6-9H2,1-3H3. The second-order valence-electron chi connectivity index (χ2n) is 9.25. The lowest BCUT2D eigenvalue weighted by Crippen LogP contribution is -2.52. The molecule has 1 unspecified atom stereocenters. The smallest absolute Gasteiger partial charge is 0.251 e. The first kappa shape index (κ1) is 23.4. The number of anilines is 1. The number of aromatic nitrogens is 6. The number of aryl methyl sites for hydroxylation is 1. The summed E-state index contributed by atoms with van der Waals surface area (Å²) in [5.74, 6) is 0.466. The van der Waals surface area contributed by atoms with Crippen molar-refractivity contribution >= 4 is 17.2 Å². The number of hydrogen-bond donors (Lipinski definition) is 1. The van der Waals surface area contributed by atoms with Crippen LogP contribution in [0.5, 0.6) is 0 Å². The van der Waals surface area contributed by atoms with Gasteiger partial charge < -0.3 is 14.9 Å². The van der Waals surface area contributed by atoms with Crippen LogP contribution in [0.3, 0.4) is 0 Å². The number of piperazine rings is 1. The number of rotatable bonds is 5. The number of amides is 1. The van der Waals surface area contributed by atoms with Crippen LogP contribution in [0.4, 0.5) is 5.82 Å². The van der Waals surface area contributed by atoms with Gasteiger partial charge in [0.15, 0.2) is 0 Å². The van der Waals surface area contributed by atoms with E-state index in [1.54, 1.807) is 32.7 Å². The number of carbonyl (C=O) groups is 1. The lowest BCUT2D eigenvalue weighted by molar-refractivity contribution is -0.142. The monoisotopic (exact) mass is 485 g/mol. The SMILES string of the molecule is CC(C)C(O)C(=O)N1CCN(c2ccc(-c3nc(-c4cnn(C)c4)cn4ncc(C#N)c34)cn2)CC1. The highest BCUT2D eigenvalue weighted by atomic mass is 16.3. The molecular weight excluding hydrogens is 458 g/mol. The predicted octanol–water partition coefficient (Wildman–Crippen LogP) is 1.73. The van der Waals surface area contributed by atoms with Crippen LogP contribution in [0.2, 0.25) is 0 Å². The minimum atomic E-state index is -0.970. The highest BCUT2D eigenvalue weighted by Crippen LogP contribution is 2.29. The van der Waals surface area contributed by atoms with Crippen molar-refractivity contribution in [2.24, 2.45) is 13.0 Å². The second-order valence-corrected chi connectivity index (χ2v) is 9.25. The average Bonchev–Trinajstić information content (AvgIpc) is 3.53. The maximum atomic E-state index is 12.5. The Labute approximate surface area is 208 Å². The summed E-state index contributed by atoms with van der Waals surface area (Å²) in [6.45, 7) is 5.99. The van der Waals surface area contributed by atoms with Crippen LogP contribution in [0.1, 0.15) is 19.4 Å². The van der Waals surface area contributed by atoms with Crippen LogP contribution < -0.4 is 4.90 Å². The molecule has 0 aliphatic carbocycles. The summed E-state index contributed by atoms with van der Waals surface area (Å²) in [7, 11) is 1.84. The van der Waals surface area contributed by atoms with E-state index in [-0.39, 0.29) is 11.8 Å². The van der Waals surface area contributed by atoms with Crippen molar-refractivity contribution in [3.63, 3.8) is 0 Å². The number of fused-ring (bicyclic) bond motifs is 1. The molecule has 0 radical (unpaired) electrons. The van der Waals surface area contributed by atoms with Crippen LogP contribution in [-0.4, -0.2) is 77.6 Å². The fourth-order valence-electron chi connectivity index (χ4n) is 4.33. The molecule has 0 bridgehead atoms. The average molecular weight is 486 g/mol. The van der Waals surface area contributed by atoms with Crippen molar-refractivity contribution in [1.82, 2.24) is 34.3 Å². The summed E-state index contributed by atoms with van der Waals surface area (Å²) >= 11 is 0. The van der Waals surface area contributed by atoms with Gasteiger partial charge in [-0.05, 0) is 18.1 Å². The number of nitrogens with zero attached hydrogens (tertiary/aromatic N) is 9. The van der Waals surface area contributed by atoms with Crippen molar-refractivity contribution in [3.05, 3.63) is 48.7 Å². The second kappa shape index (κ2) is 9.39. The zero-order valence-electron chi connectivity index (χ0n) is 20.4. The van der Waals surface area contributed by atoms with Crippen molar-refractivity contribution in [2.75, 3.05) is 31.1 Å². The minimum absolute atomic E-state index is 0.112. The van der Waals surface area contributed by atoms with Crippen LogP contribution >= 0.6 is 0 Å². The molecule has 4 aromatic heterocycles. The molecule has 0 spiro atoms. The van der Waals surface area contributed by atoms with Crippen LogP contribution in [0, 0.1) is 17.2 Å². The zero-order chi connectivity index (χ0) is 25.4. The summed E-state index contributed by atoms with van der Waals surface area (Å²) in [5.41, 5.74) is 3.96. The lowest BCUT2D eigenvalue weighted by atomic mass is 10.1. The third-order valence-electron chi connectivity index (χ3n) is 6.44. The summed E-state index contributed by atoms with van der Waals surface area (Å²) in [4.78, 5) is 25.8. The zero-order valence-corrected chi connectivity index (χ0v) is 20.4. The number of aliphatic hydroxyl groups is 1. The van der Waals surface area contributed by atoms with E-state index in [2.05, 4.69) is 26.2 Å². The molecule has 1 aliphatic heterocycles. The molecule has 36 heavy (non-hydrogen) atoms. The maximum Gasteiger partial charge on any atom is 0.251 e. The third-order valence-corrected chi connectivity index (χ3v) is 6.44. The summed E-state index contributed by atoms with van der Waals surface area (Å²) in [6, 6.07) is 6.06. The first-order valence-electron chi connectivity index (χ1n) is 11.8. The highest BCUT2D eigenvalue weighted by molar-refractivity contribution is 5.83. The molecule has 1 amide bonds. The van der Waals surface area contributed by atoms with E-state index < -0.39 is 6.10 Å². The number of aliphatic hydroxyl groups excluding tert-OH is 1. The van der Waals surface area contributed by atoms with Crippen LogP contribution in [0.15, 0.2) is 43.1 Å². The van der Waals surface area contributed by atoms with Crippen LogP contribution in [0.25, 0.3) is 28.0 Å². The molecule has 0 aromatic carbocycles. The van der Waals surface area contributed by atoms with Gasteiger partial charge in [0.2, 0.25) is 0 Å². The molecule has 184 valence electrons. The number of carbonyl (C=O) groups excluding carboxylic acids is 1. The van der Waals surface area contributed by atoms with Gasteiger partial charge in [0.05, 0.1) is 30.0 Å². The molecule has 11 heteroatoms. The maximum absolute atomic E-state index is 12.5. The van der Waals surface area contributed by atoms with E-state index in [4.69, 9.17) is 4.98 Å². The summed E-state index contributed by atoms with van der Waals surface area (Å²) < 4.78 is 3.37. The Kier molecular flexibility index (Phi) is 6.12. The van der Waals surface area contributed by atoms with Crippen molar-refractivity contribution in [3.8, 4) is 28.6 Å². The first-order chi connectivity index (χ1) is 17.4. The molecule has 0 saturated carbocycles. The Morgan fingerprint density at radius 2 is 1.83 bits per heavy atom. The molecule has 1 aliphatic rings. The van der Waals surface area contributed by atoms with Gasteiger partial charge in [-0.2, -0.15) is 15.5 Å². The van der Waals surface area contributed by atoms with Crippen molar-refractivity contribution in [1.29, 1.82) is 5.26 Å². The lowest BCUT2D eigenvalue weighted by Gasteiger charge is -2.36. The number of hydrogen-bond acceptors (Lipinski definition) is 8. The molecule has 1 saturated heterocycles. The first-order valence-corrected chi connectivity index (χ1v) is 11.8. The van der Waals surface area contributed by atoms with Gasteiger partial charge in [0.25, 0.3) is 5.91 Å². The van der Waals surface area contributed by atoms with Gasteiger partial charge in [0.1, 0.15) is 29.1 Å². The molecule has 1 N–H and O–H groups in total. The molecule has 5 heterocycles. The predicted molar refractivity (Wildman–Crippen MR) is 133 cm³/mol. The van der Waals surface area contributed by atoms with E-state index in [0.717, 1.165) is 16.9 Å². The van der Waals surface area contributed by atoms with E-state index in [1.165, 1.54) is 6.20 Å². The van der Waals surface area contributed by atoms with E-state index in [9.17, 15) is 15.2 Å². The Bertz CT molecular complexity index is 1440. The van der Waals surface area contributed by atoms with Gasteiger partial charge in [-0.1, -0.05) is 13.8 Å². The third kappa shape index (κ3) is 4.27. The van der Waals surface area contributed by atoms with Gasteiger partial charge in [-0.3, -0.25) is 9.48 Å². The Morgan fingerprint density at radius 1 is 1.06 bits per heavy atom. The quantitative estimate of drug-likeness (QED) is 0.453. The minimum Gasteiger partial charge on any atom is -0.383 e. The van der Waals surface area contributed by atoms with E-state index in [1.807, 2.05) is 39.2 Å². The molecule has 1 fully saturated rings. The van der Waals surface area contributed by atoms with Crippen LogP contribution in [-0.2, 0) is 11.8 Å². The molecular formula is C25H27N9O2. The number of nitriles is 1.